The summed E-state index contributed by atoms with van der Waals surface area (Å²) in [6, 6.07) is 10.1. The largest absolute Gasteiger partial charge is 0.497 e. The van der Waals surface area contributed by atoms with Crippen molar-refractivity contribution in [2.24, 2.45) is 0 Å². The van der Waals surface area contributed by atoms with Crippen LogP contribution in [0.2, 0.25) is 0 Å². The van der Waals surface area contributed by atoms with E-state index in [1.54, 1.807) is 25.7 Å². The van der Waals surface area contributed by atoms with Gasteiger partial charge in [0.15, 0.2) is 0 Å². The zero-order valence-electron chi connectivity index (χ0n) is 16.0. The Morgan fingerprint density at radius 2 is 1.85 bits per heavy atom. The van der Waals surface area contributed by atoms with Gasteiger partial charge >= 0.3 is 0 Å². The molecule has 0 aliphatic carbocycles. The van der Waals surface area contributed by atoms with Crippen LogP contribution in [0.3, 0.4) is 0 Å². The van der Waals surface area contributed by atoms with Gasteiger partial charge in [-0.3, -0.25) is 9.69 Å². The highest BCUT2D eigenvalue weighted by molar-refractivity contribution is 5.94. The minimum atomic E-state index is 0.0169. The summed E-state index contributed by atoms with van der Waals surface area (Å²) in [6.45, 7) is 3.93. The summed E-state index contributed by atoms with van der Waals surface area (Å²) in [5.74, 6) is 1.03. The molecule has 0 bridgehead atoms. The number of likely N-dealkylation sites (tertiary alicyclic amines) is 2. The minimum absolute atomic E-state index is 0.0169. The first kappa shape index (κ1) is 18.1. The number of carbonyl (C=O) groups excluding carboxylic acids is 1. The van der Waals surface area contributed by atoms with Gasteiger partial charge in [-0.05, 0) is 62.4 Å². The number of furan rings is 1. The lowest BCUT2D eigenvalue weighted by atomic mass is 9.87. The lowest BCUT2D eigenvalue weighted by Crippen LogP contribution is -2.47. The fourth-order valence-corrected chi connectivity index (χ4v) is 4.70. The van der Waals surface area contributed by atoms with Crippen LogP contribution in [0.1, 0.15) is 48.0 Å². The van der Waals surface area contributed by atoms with Gasteiger partial charge in [0.1, 0.15) is 12.0 Å². The second kappa shape index (κ2) is 7.77. The van der Waals surface area contributed by atoms with E-state index in [9.17, 15) is 4.79 Å². The number of ether oxygens (including phenoxy) is 1. The van der Waals surface area contributed by atoms with Crippen molar-refractivity contribution in [2.45, 2.75) is 44.2 Å². The number of hydrogen-bond donors (Lipinski definition) is 0. The fraction of sp³-hybridized carbons (Fsp3) is 0.500. The Hall–Kier alpha value is -2.27. The normalized spacial score (nSPS) is 23.5. The van der Waals surface area contributed by atoms with Crippen LogP contribution in [0.4, 0.5) is 0 Å². The van der Waals surface area contributed by atoms with Gasteiger partial charge in [0.2, 0.25) is 0 Å². The van der Waals surface area contributed by atoms with Crippen LogP contribution in [0.5, 0.6) is 5.75 Å². The minimum Gasteiger partial charge on any atom is -0.497 e. The SMILES string of the molecule is COc1ccc(CN2CCC[C@@]3(CCCN3C(=O)c3ccoc3)CC2)cc1. The third-order valence-corrected chi connectivity index (χ3v) is 6.18. The first-order valence-corrected chi connectivity index (χ1v) is 9.90. The van der Waals surface area contributed by atoms with E-state index in [4.69, 9.17) is 9.15 Å². The van der Waals surface area contributed by atoms with Gasteiger partial charge in [-0.25, -0.2) is 0 Å². The molecule has 2 saturated heterocycles. The summed E-state index contributed by atoms with van der Waals surface area (Å²) in [7, 11) is 1.70. The van der Waals surface area contributed by atoms with Crippen molar-refractivity contribution in [1.29, 1.82) is 0 Å². The van der Waals surface area contributed by atoms with Crippen molar-refractivity contribution >= 4 is 5.91 Å². The molecule has 1 amide bonds. The fourth-order valence-electron chi connectivity index (χ4n) is 4.70. The molecule has 1 aromatic carbocycles. The molecular formula is C22H28N2O3. The number of methoxy groups -OCH3 is 1. The van der Waals surface area contributed by atoms with Crippen molar-refractivity contribution in [2.75, 3.05) is 26.7 Å². The highest BCUT2D eigenvalue weighted by Gasteiger charge is 2.44. The molecule has 0 N–H and O–H groups in total. The van der Waals surface area contributed by atoms with Crippen molar-refractivity contribution in [3.63, 3.8) is 0 Å². The van der Waals surface area contributed by atoms with Gasteiger partial charge in [0.25, 0.3) is 5.91 Å². The van der Waals surface area contributed by atoms with Gasteiger partial charge < -0.3 is 14.1 Å². The third-order valence-electron chi connectivity index (χ3n) is 6.18. The number of nitrogens with zero attached hydrogens (tertiary/aromatic N) is 2. The van der Waals surface area contributed by atoms with Crippen molar-refractivity contribution in [3.8, 4) is 5.75 Å². The molecule has 0 radical (unpaired) electrons. The molecule has 5 nitrogen and oxygen atoms in total. The second-order valence-electron chi connectivity index (χ2n) is 7.77. The van der Waals surface area contributed by atoms with E-state index in [1.165, 1.54) is 5.56 Å². The van der Waals surface area contributed by atoms with Gasteiger partial charge in [-0.1, -0.05) is 12.1 Å². The van der Waals surface area contributed by atoms with E-state index < -0.39 is 0 Å². The molecule has 2 aromatic rings. The molecule has 4 rings (SSSR count). The number of carbonyl (C=O) groups is 1. The Bertz CT molecular complexity index is 756. The van der Waals surface area contributed by atoms with Crippen molar-refractivity contribution < 1.29 is 13.9 Å². The molecule has 1 spiro atoms. The Labute approximate surface area is 160 Å². The lowest BCUT2D eigenvalue weighted by Gasteiger charge is -2.38. The van der Waals surface area contributed by atoms with E-state index in [0.717, 1.165) is 64.0 Å². The van der Waals surface area contributed by atoms with Crippen LogP contribution in [0, 0.1) is 0 Å². The lowest BCUT2D eigenvalue weighted by molar-refractivity contribution is 0.0557. The number of rotatable bonds is 4. The molecule has 2 aliphatic heterocycles. The number of benzene rings is 1. The Morgan fingerprint density at radius 3 is 2.56 bits per heavy atom. The van der Waals surface area contributed by atoms with Gasteiger partial charge in [0.05, 0.1) is 18.9 Å². The second-order valence-corrected chi connectivity index (χ2v) is 7.77. The summed E-state index contributed by atoms with van der Waals surface area (Å²) in [5, 5.41) is 0. The van der Waals surface area contributed by atoms with E-state index in [-0.39, 0.29) is 11.4 Å². The zero-order valence-corrected chi connectivity index (χ0v) is 16.0. The van der Waals surface area contributed by atoms with E-state index >= 15 is 0 Å². The van der Waals surface area contributed by atoms with Crippen molar-refractivity contribution in [1.82, 2.24) is 9.80 Å². The van der Waals surface area contributed by atoms with Crippen LogP contribution < -0.4 is 4.74 Å². The van der Waals surface area contributed by atoms with Gasteiger partial charge in [-0.15, -0.1) is 0 Å². The average Bonchev–Trinajstić information content (AvgIpc) is 3.32. The van der Waals surface area contributed by atoms with Crippen LogP contribution in [-0.4, -0.2) is 48.0 Å². The predicted octanol–water partition coefficient (Wildman–Crippen LogP) is 3.95. The van der Waals surface area contributed by atoms with Crippen LogP contribution in [0.25, 0.3) is 0 Å². The van der Waals surface area contributed by atoms with E-state index in [0.29, 0.717) is 5.56 Å². The maximum Gasteiger partial charge on any atom is 0.257 e. The highest BCUT2D eigenvalue weighted by Crippen LogP contribution is 2.39. The smallest absolute Gasteiger partial charge is 0.257 e. The van der Waals surface area contributed by atoms with E-state index in [1.807, 2.05) is 12.1 Å². The summed E-state index contributed by atoms with van der Waals surface area (Å²) in [4.78, 5) is 17.6. The molecule has 5 heteroatoms. The first-order chi connectivity index (χ1) is 13.2. The maximum atomic E-state index is 13.0. The van der Waals surface area contributed by atoms with Crippen molar-refractivity contribution in [3.05, 3.63) is 54.0 Å². The standard InChI is InChI=1S/C22H28N2O3/c1-26-20-6-4-18(5-7-20)16-23-12-2-9-22(11-14-23)10-3-13-24(22)21(25)19-8-15-27-17-19/h4-8,15,17H,2-3,9-14,16H2,1H3/t22-/m1/s1. The summed E-state index contributed by atoms with van der Waals surface area (Å²) >= 11 is 0. The zero-order chi connectivity index (χ0) is 18.7. The van der Waals surface area contributed by atoms with E-state index in [2.05, 4.69) is 21.9 Å². The Kier molecular flexibility index (Phi) is 5.21. The molecule has 144 valence electrons. The molecule has 27 heavy (non-hydrogen) atoms. The van der Waals surface area contributed by atoms with Crippen LogP contribution in [-0.2, 0) is 6.54 Å². The Morgan fingerprint density at radius 1 is 1.07 bits per heavy atom. The molecular weight excluding hydrogens is 340 g/mol. The molecule has 3 heterocycles. The molecule has 1 aromatic heterocycles. The first-order valence-electron chi connectivity index (χ1n) is 9.90. The van der Waals surface area contributed by atoms with Gasteiger partial charge in [-0.2, -0.15) is 0 Å². The molecule has 1 atom stereocenters. The Balaban J connectivity index is 1.43. The monoisotopic (exact) mass is 368 g/mol. The predicted molar refractivity (Wildman–Crippen MR) is 104 cm³/mol. The highest BCUT2D eigenvalue weighted by atomic mass is 16.5. The summed E-state index contributed by atoms with van der Waals surface area (Å²) in [5.41, 5.74) is 2.00. The topological polar surface area (TPSA) is 45.9 Å². The number of amides is 1. The maximum absolute atomic E-state index is 13.0. The molecule has 2 aliphatic rings. The quantitative estimate of drug-likeness (QED) is 0.820. The van der Waals surface area contributed by atoms with Crippen LogP contribution >= 0.6 is 0 Å². The van der Waals surface area contributed by atoms with Crippen LogP contribution in [0.15, 0.2) is 47.3 Å². The molecule has 2 fully saturated rings. The van der Waals surface area contributed by atoms with Gasteiger partial charge in [0, 0.05) is 25.2 Å². The molecule has 0 unspecified atom stereocenters. The molecule has 0 saturated carbocycles. The third kappa shape index (κ3) is 3.74. The summed E-state index contributed by atoms with van der Waals surface area (Å²) < 4.78 is 10.4. The average molecular weight is 368 g/mol. The summed E-state index contributed by atoms with van der Waals surface area (Å²) in [6.07, 6.45) is 8.64. The number of hydrogen-bond acceptors (Lipinski definition) is 4.